The van der Waals surface area contributed by atoms with Gasteiger partial charge in [-0.25, -0.2) is 0 Å². The number of hydrogen-bond donors (Lipinski definition) is 2. The van der Waals surface area contributed by atoms with Gasteiger partial charge in [0.1, 0.15) is 0 Å². The van der Waals surface area contributed by atoms with E-state index in [-0.39, 0.29) is 0 Å². The van der Waals surface area contributed by atoms with E-state index in [1.165, 1.54) is 23.9 Å². The number of H-pyrrole nitrogens is 1. The van der Waals surface area contributed by atoms with Gasteiger partial charge in [0.15, 0.2) is 0 Å². The number of para-hydroxylation sites is 1. The van der Waals surface area contributed by atoms with Crippen molar-refractivity contribution in [2.45, 2.75) is 44.8 Å². The highest BCUT2D eigenvalue weighted by molar-refractivity contribution is 5.81. The maximum absolute atomic E-state index is 10.9. The third-order valence-corrected chi connectivity index (χ3v) is 5.93. The van der Waals surface area contributed by atoms with E-state index in [9.17, 15) is 5.11 Å². The monoisotopic (exact) mass is 299 g/mol. The molecule has 4 rings (SSSR count). The van der Waals surface area contributed by atoms with Crippen molar-refractivity contribution in [3.05, 3.63) is 30.0 Å². The van der Waals surface area contributed by atoms with Gasteiger partial charge in [-0.1, -0.05) is 31.5 Å². The first kappa shape index (κ1) is 14.2. The lowest BCUT2D eigenvalue weighted by molar-refractivity contribution is -0.0613. The summed E-state index contributed by atoms with van der Waals surface area (Å²) in [4.78, 5) is 2.50. The zero-order valence-electron chi connectivity index (χ0n) is 13.3. The number of hydrogen-bond acceptors (Lipinski definition) is 3. The zero-order valence-corrected chi connectivity index (χ0v) is 13.3. The van der Waals surface area contributed by atoms with Crippen molar-refractivity contribution in [3.8, 4) is 0 Å². The second-order valence-corrected chi connectivity index (χ2v) is 7.13. The fourth-order valence-corrected chi connectivity index (χ4v) is 4.64. The minimum Gasteiger partial charge on any atom is -0.390 e. The van der Waals surface area contributed by atoms with E-state index in [4.69, 9.17) is 0 Å². The predicted molar refractivity (Wildman–Crippen MR) is 87.4 cm³/mol. The van der Waals surface area contributed by atoms with Gasteiger partial charge in [-0.15, -0.1) is 0 Å². The zero-order chi connectivity index (χ0) is 15.2. The first-order valence-electron chi connectivity index (χ1n) is 8.56. The van der Waals surface area contributed by atoms with Crippen molar-refractivity contribution in [1.29, 1.82) is 0 Å². The summed E-state index contributed by atoms with van der Waals surface area (Å²) >= 11 is 0. The standard InChI is InChI=1S/C18H25N3O/c1-2-18(22)9-5-6-13-10-21(11-15(13)18)12-17-14-7-3-4-8-16(14)19-20-17/h3-4,7-8,13,15,22H,2,5-6,9-12H2,1H3,(H,19,20)/t13-,15+,18-/m0/s1. The Labute approximate surface area is 131 Å². The Morgan fingerprint density at radius 1 is 1.36 bits per heavy atom. The molecule has 2 N–H and O–H groups in total. The van der Waals surface area contributed by atoms with Crippen molar-refractivity contribution in [1.82, 2.24) is 15.1 Å². The van der Waals surface area contributed by atoms with Crippen molar-refractivity contribution in [3.63, 3.8) is 0 Å². The third kappa shape index (κ3) is 2.25. The summed E-state index contributed by atoms with van der Waals surface area (Å²) in [6.07, 6.45) is 4.31. The van der Waals surface area contributed by atoms with E-state index in [1.807, 2.05) is 6.07 Å². The molecule has 0 bridgehead atoms. The maximum Gasteiger partial charge on any atom is 0.0924 e. The number of rotatable bonds is 3. The lowest BCUT2D eigenvalue weighted by Gasteiger charge is -2.40. The molecule has 2 heterocycles. The third-order valence-electron chi connectivity index (χ3n) is 5.93. The molecule has 1 saturated carbocycles. The fourth-order valence-electron chi connectivity index (χ4n) is 4.64. The van der Waals surface area contributed by atoms with Crippen molar-refractivity contribution >= 4 is 10.9 Å². The number of aromatic nitrogens is 2. The number of likely N-dealkylation sites (tertiary alicyclic amines) is 1. The first-order chi connectivity index (χ1) is 10.7. The molecule has 22 heavy (non-hydrogen) atoms. The molecule has 0 spiro atoms. The number of fused-ring (bicyclic) bond motifs is 2. The Hall–Kier alpha value is -1.39. The Balaban J connectivity index is 1.53. The van der Waals surface area contributed by atoms with Gasteiger partial charge in [0.05, 0.1) is 16.8 Å². The van der Waals surface area contributed by atoms with Crippen LogP contribution < -0.4 is 0 Å². The van der Waals surface area contributed by atoms with Crippen LogP contribution in [0.2, 0.25) is 0 Å². The molecule has 1 aliphatic heterocycles. The van der Waals surface area contributed by atoms with Crippen LogP contribution in [0.5, 0.6) is 0 Å². The molecular weight excluding hydrogens is 274 g/mol. The Morgan fingerprint density at radius 2 is 2.23 bits per heavy atom. The summed E-state index contributed by atoms with van der Waals surface area (Å²) < 4.78 is 0. The van der Waals surface area contributed by atoms with Gasteiger partial charge in [0.2, 0.25) is 0 Å². The molecule has 118 valence electrons. The quantitative estimate of drug-likeness (QED) is 0.916. The molecule has 2 fully saturated rings. The van der Waals surface area contributed by atoms with Gasteiger partial charge in [-0.3, -0.25) is 10.00 Å². The van der Waals surface area contributed by atoms with E-state index < -0.39 is 5.60 Å². The summed E-state index contributed by atoms with van der Waals surface area (Å²) in [5.41, 5.74) is 1.81. The van der Waals surface area contributed by atoms with Gasteiger partial charge >= 0.3 is 0 Å². The van der Waals surface area contributed by atoms with Gasteiger partial charge < -0.3 is 5.11 Å². The SMILES string of the molecule is CC[C@]1(O)CCC[C@H]2CN(Cc3[nH]nc4ccccc34)C[C@H]21. The molecule has 1 saturated heterocycles. The summed E-state index contributed by atoms with van der Waals surface area (Å²) in [7, 11) is 0. The van der Waals surface area contributed by atoms with E-state index in [0.717, 1.165) is 38.0 Å². The lowest BCUT2D eigenvalue weighted by Crippen LogP contribution is -2.44. The van der Waals surface area contributed by atoms with E-state index in [0.29, 0.717) is 11.8 Å². The van der Waals surface area contributed by atoms with Crippen molar-refractivity contribution < 1.29 is 5.11 Å². The molecule has 2 aliphatic rings. The van der Waals surface area contributed by atoms with E-state index in [2.05, 4.69) is 40.2 Å². The fraction of sp³-hybridized carbons (Fsp3) is 0.611. The molecule has 0 amide bonds. The average molecular weight is 299 g/mol. The number of nitrogens with one attached hydrogen (secondary N) is 1. The van der Waals surface area contributed by atoms with Crippen molar-refractivity contribution in [2.75, 3.05) is 13.1 Å². The number of benzene rings is 1. The molecule has 1 aliphatic carbocycles. The summed E-state index contributed by atoms with van der Waals surface area (Å²) in [5, 5.41) is 19.7. The van der Waals surface area contributed by atoms with Crippen LogP contribution in [-0.4, -0.2) is 38.9 Å². The second-order valence-electron chi connectivity index (χ2n) is 7.13. The maximum atomic E-state index is 10.9. The van der Waals surface area contributed by atoms with Crippen LogP contribution in [0.1, 0.15) is 38.3 Å². The molecular formula is C18H25N3O. The second kappa shape index (κ2) is 5.36. The van der Waals surface area contributed by atoms with Crippen LogP contribution in [0.15, 0.2) is 24.3 Å². The highest BCUT2D eigenvalue weighted by Gasteiger charge is 2.47. The minimum atomic E-state index is -0.437. The number of aromatic amines is 1. The highest BCUT2D eigenvalue weighted by Crippen LogP contribution is 2.44. The molecule has 1 aromatic carbocycles. The van der Waals surface area contributed by atoms with Crippen LogP contribution in [0.4, 0.5) is 0 Å². The molecule has 1 aromatic heterocycles. The van der Waals surface area contributed by atoms with E-state index >= 15 is 0 Å². The largest absolute Gasteiger partial charge is 0.390 e. The lowest BCUT2D eigenvalue weighted by atomic mass is 9.69. The van der Waals surface area contributed by atoms with Gasteiger partial charge in [0.25, 0.3) is 0 Å². The summed E-state index contributed by atoms with van der Waals surface area (Å²) in [6, 6.07) is 8.29. The molecule has 4 nitrogen and oxygen atoms in total. The van der Waals surface area contributed by atoms with Crippen LogP contribution in [-0.2, 0) is 6.54 Å². The number of aliphatic hydroxyl groups is 1. The normalized spacial score (nSPS) is 32.5. The number of nitrogens with zero attached hydrogens (tertiary/aromatic N) is 2. The van der Waals surface area contributed by atoms with Gasteiger partial charge in [0, 0.05) is 30.9 Å². The van der Waals surface area contributed by atoms with Crippen LogP contribution in [0.25, 0.3) is 10.9 Å². The minimum absolute atomic E-state index is 0.437. The summed E-state index contributed by atoms with van der Waals surface area (Å²) in [6.45, 7) is 5.17. The molecule has 0 unspecified atom stereocenters. The predicted octanol–water partition coefficient (Wildman–Crippen LogP) is 2.94. The van der Waals surface area contributed by atoms with Crippen molar-refractivity contribution in [2.24, 2.45) is 11.8 Å². The molecule has 2 aromatic rings. The first-order valence-corrected chi connectivity index (χ1v) is 8.56. The molecule has 4 heteroatoms. The Kier molecular flexibility index (Phi) is 3.46. The van der Waals surface area contributed by atoms with E-state index in [1.54, 1.807) is 0 Å². The molecule has 0 radical (unpaired) electrons. The highest BCUT2D eigenvalue weighted by atomic mass is 16.3. The average Bonchev–Trinajstić information content (AvgIpc) is 3.13. The van der Waals surface area contributed by atoms with Gasteiger partial charge in [-0.05, 0) is 31.2 Å². The topological polar surface area (TPSA) is 52.1 Å². The Morgan fingerprint density at radius 3 is 3.09 bits per heavy atom. The molecule has 3 atom stereocenters. The van der Waals surface area contributed by atoms with Crippen LogP contribution in [0.3, 0.4) is 0 Å². The smallest absolute Gasteiger partial charge is 0.0924 e. The summed E-state index contributed by atoms with van der Waals surface area (Å²) in [5.74, 6) is 1.10. The Bertz CT molecular complexity index is 667. The van der Waals surface area contributed by atoms with Crippen LogP contribution >= 0.6 is 0 Å². The van der Waals surface area contributed by atoms with Crippen LogP contribution in [0, 0.1) is 11.8 Å². The van der Waals surface area contributed by atoms with Gasteiger partial charge in [-0.2, -0.15) is 5.10 Å².